The topological polar surface area (TPSA) is 18.5 Å². The molecule has 90 valence electrons. The van der Waals surface area contributed by atoms with E-state index >= 15 is 0 Å². The van der Waals surface area contributed by atoms with E-state index in [0.29, 0.717) is 5.92 Å². The van der Waals surface area contributed by atoms with Gasteiger partial charge in [-0.15, -0.1) is 11.8 Å². The molecule has 3 heteroatoms. The second-order valence-electron chi connectivity index (χ2n) is 4.12. The molecule has 0 aromatic heterocycles. The Labute approximate surface area is 102 Å². The molecule has 1 aromatic carbocycles. The molecule has 0 heterocycles. The van der Waals surface area contributed by atoms with Crippen molar-refractivity contribution in [3.8, 4) is 11.5 Å². The Morgan fingerprint density at radius 1 is 1.12 bits per heavy atom. The van der Waals surface area contributed by atoms with Crippen LogP contribution in [0.3, 0.4) is 0 Å². The van der Waals surface area contributed by atoms with Crippen molar-refractivity contribution in [2.75, 3.05) is 20.5 Å². The molecule has 0 amide bonds. The van der Waals surface area contributed by atoms with Crippen LogP contribution >= 0.6 is 11.8 Å². The Morgan fingerprint density at radius 2 is 1.75 bits per heavy atom. The molecule has 1 aromatic rings. The highest BCUT2D eigenvalue weighted by Crippen LogP contribution is 2.35. The number of hydrogen-bond donors (Lipinski definition) is 0. The van der Waals surface area contributed by atoms with Gasteiger partial charge < -0.3 is 9.47 Å². The van der Waals surface area contributed by atoms with Crippen molar-refractivity contribution < 1.29 is 9.47 Å². The van der Waals surface area contributed by atoms with E-state index in [9.17, 15) is 0 Å². The third-order valence-electron chi connectivity index (χ3n) is 2.41. The standard InChI is InChI=1S/C13H20O2S/c1-9(2)6-10-7-12(15-4)13(16-5)8-11(10)14-3/h7-9H,6H2,1-5H3. The quantitative estimate of drug-likeness (QED) is 0.732. The predicted molar refractivity (Wildman–Crippen MR) is 69.9 cm³/mol. The summed E-state index contributed by atoms with van der Waals surface area (Å²) in [5, 5.41) is 0. The summed E-state index contributed by atoms with van der Waals surface area (Å²) in [6.45, 7) is 4.41. The highest BCUT2D eigenvalue weighted by Gasteiger charge is 2.11. The van der Waals surface area contributed by atoms with Crippen LogP contribution in [0.1, 0.15) is 19.4 Å². The minimum Gasteiger partial charge on any atom is -0.496 e. The summed E-state index contributed by atoms with van der Waals surface area (Å²) in [6.07, 6.45) is 3.05. The zero-order valence-electron chi connectivity index (χ0n) is 10.7. The SMILES string of the molecule is COc1cc(SC)c(OC)cc1CC(C)C. The third kappa shape index (κ3) is 3.08. The molecule has 0 saturated heterocycles. The van der Waals surface area contributed by atoms with Gasteiger partial charge in [-0.3, -0.25) is 0 Å². The molecule has 0 aliphatic carbocycles. The lowest BCUT2D eigenvalue weighted by molar-refractivity contribution is 0.388. The molecular formula is C13H20O2S. The first kappa shape index (κ1) is 13.2. The van der Waals surface area contributed by atoms with Gasteiger partial charge in [0.15, 0.2) is 0 Å². The average molecular weight is 240 g/mol. The summed E-state index contributed by atoms with van der Waals surface area (Å²) >= 11 is 1.67. The fraction of sp³-hybridized carbons (Fsp3) is 0.538. The van der Waals surface area contributed by atoms with Gasteiger partial charge in [-0.1, -0.05) is 13.8 Å². The maximum Gasteiger partial charge on any atom is 0.132 e. The molecule has 0 aliphatic heterocycles. The molecule has 0 fully saturated rings. The summed E-state index contributed by atoms with van der Waals surface area (Å²) in [4.78, 5) is 1.12. The summed E-state index contributed by atoms with van der Waals surface area (Å²) in [6, 6.07) is 4.14. The molecule has 0 unspecified atom stereocenters. The summed E-state index contributed by atoms with van der Waals surface area (Å²) in [5.41, 5.74) is 1.21. The van der Waals surface area contributed by atoms with Gasteiger partial charge in [-0.25, -0.2) is 0 Å². The van der Waals surface area contributed by atoms with E-state index < -0.39 is 0 Å². The molecule has 0 atom stereocenters. The van der Waals surface area contributed by atoms with E-state index in [1.807, 2.05) is 6.26 Å². The van der Waals surface area contributed by atoms with Crippen LogP contribution in [-0.4, -0.2) is 20.5 Å². The molecule has 2 nitrogen and oxygen atoms in total. The Balaban J connectivity index is 3.15. The molecule has 0 aliphatic rings. The lowest BCUT2D eigenvalue weighted by Crippen LogP contribution is -1.99. The van der Waals surface area contributed by atoms with Crippen molar-refractivity contribution in [3.05, 3.63) is 17.7 Å². The summed E-state index contributed by atoms with van der Waals surface area (Å²) in [7, 11) is 3.43. The van der Waals surface area contributed by atoms with Gasteiger partial charge in [0.05, 0.1) is 19.1 Å². The number of thioether (sulfide) groups is 1. The van der Waals surface area contributed by atoms with Gasteiger partial charge in [0.2, 0.25) is 0 Å². The fourth-order valence-electron chi connectivity index (χ4n) is 1.69. The lowest BCUT2D eigenvalue weighted by Gasteiger charge is -2.15. The van der Waals surface area contributed by atoms with E-state index in [4.69, 9.17) is 9.47 Å². The maximum atomic E-state index is 5.42. The van der Waals surface area contributed by atoms with E-state index in [1.54, 1.807) is 26.0 Å². The van der Waals surface area contributed by atoms with Crippen LogP contribution in [0.15, 0.2) is 17.0 Å². The van der Waals surface area contributed by atoms with Crippen molar-refractivity contribution in [3.63, 3.8) is 0 Å². The van der Waals surface area contributed by atoms with E-state index in [0.717, 1.165) is 22.8 Å². The van der Waals surface area contributed by atoms with Crippen LogP contribution < -0.4 is 9.47 Å². The average Bonchev–Trinajstić information content (AvgIpc) is 2.27. The summed E-state index contributed by atoms with van der Waals surface area (Å²) in [5.74, 6) is 2.50. The maximum absolute atomic E-state index is 5.42. The number of ether oxygens (including phenoxy) is 2. The van der Waals surface area contributed by atoms with Gasteiger partial charge in [-0.05, 0) is 36.3 Å². The second kappa shape index (κ2) is 6.04. The van der Waals surface area contributed by atoms with Crippen LogP contribution in [0, 0.1) is 5.92 Å². The first-order valence-electron chi connectivity index (χ1n) is 5.41. The second-order valence-corrected chi connectivity index (χ2v) is 4.97. The minimum absolute atomic E-state index is 0.610. The smallest absolute Gasteiger partial charge is 0.132 e. The van der Waals surface area contributed by atoms with Crippen LogP contribution in [0.5, 0.6) is 11.5 Å². The van der Waals surface area contributed by atoms with Gasteiger partial charge in [0, 0.05) is 0 Å². The molecule has 0 radical (unpaired) electrons. The van der Waals surface area contributed by atoms with Crippen molar-refractivity contribution in [2.24, 2.45) is 5.92 Å². The molecule has 1 rings (SSSR count). The third-order valence-corrected chi connectivity index (χ3v) is 3.17. The van der Waals surface area contributed by atoms with Crippen LogP contribution in [-0.2, 0) is 6.42 Å². The zero-order valence-corrected chi connectivity index (χ0v) is 11.5. The Hall–Kier alpha value is -0.830. The molecule has 0 bridgehead atoms. The van der Waals surface area contributed by atoms with Crippen LogP contribution in [0.25, 0.3) is 0 Å². The molecule has 0 N–H and O–H groups in total. The predicted octanol–water partition coefficient (Wildman–Crippen LogP) is 3.62. The van der Waals surface area contributed by atoms with E-state index in [-0.39, 0.29) is 0 Å². The molecule has 0 saturated carbocycles. The van der Waals surface area contributed by atoms with Gasteiger partial charge in [0.1, 0.15) is 11.5 Å². The normalized spacial score (nSPS) is 10.6. The number of benzene rings is 1. The first-order chi connectivity index (χ1) is 7.62. The van der Waals surface area contributed by atoms with Crippen LogP contribution in [0.2, 0.25) is 0 Å². The van der Waals surface area contributed by atoms with E-state index in [2.05, 4.69) is 26.0 Å². The van der Waals surface area contributed by atoms with Crippen molar-refractivity contribution in [2.45, 2.75) is 25.2 Å². The van der Waals surface area contributed by atoms with Gasteiger partial charge in [0.25, 0.3) is 0 Å². The highest BCUT2D eigenvalue weighted by molar-refractivity contribution is 7.98. The van der Waals surface area contributed by atoms with E-state index in [1.165, 1.54) is 5.56 Å². The van der Waals surface area contributed by atoms with Crippen molar-refractivity contribution in [1.29, 1.82) is 0 Å². The molecular weight excluding hydrogens is 220 g/mol. The van der Waals surface area contributed by atoms with Gasteiger partial charge >= 0.3 is 0 Å². The Morgan fingerprint density at radius 3 is 2.19 bits per heavy atom. The van der Waals surface area contributed by atoms with Crippen molar-refractivity contribution >= 4 is 11.8 Å². The molecule has 16 heavy (non-hydrogen) atoms. The Kier molecular flexibility index (Phi) is 5.00. The monoisotopic (exact) mass is 240 g/mol. The first-order valence-corrected chi connectivity index (χ1v) is 6.63. The lowest BCUT2D eigenvalue weighted by atomic mass is 10.0. The number of rotatable bonds is 5. The van der Waals surface area contributed by atoms with Crippen molar-refractivity contribution in [1.82, 2.24) is 0 Å². The van der Waals surface area contributed by atoms with Gasteiger partial charge in [-0.2, -0.15) is 0 Å². The minimum atomic E-state index is 0.610. The fourth-order valence-corrected chi connectivity index (χ4v) is 2.26. The highest BCUT2D eigenvalue weighted by atomic mass is 32.2. The summed E-state index contributed by atoms with van der Waals surface area (Å²) < 4.78 is 10.8. The zero-order chi connectivity index (χ0) is 12.1. The molecule has 0 spiro atoms. The Bertz CT molecular complexity index is 348. The van der Waals surface area contributed by atoms with Crippen LogP contribution in [0.4, 0.5) is 0 Å². The largest absolute Gasteiger partial charge is 0.496 e. The number of methoxy groups -OCH3 is 2. The number of hydrogen-bond acceptors (Lipinski definition) is 3.